The summed E-state index contributed by atoms with van der Waals surface area (Å²) in [5, 5.41) is 12.6. The molecule has 2 aromatic rings. The number of carbonyl (C=O) groups excluding carboxylic acids is 1. The number of nitrogens with two attached hydrogens (primary N) is 1. The second-order valence-corrected chi connectivity index (χ2v) is 7.30. The number of aliphatic hydroxyl groups is 1. The number of aliphatic hydroxyl groups excluding tert-OH is 1. The molecular formula is C22H29N3O2. The van der Waals surface area contributed by atoms with Crippen LogP contribution in [0.15, 0.2) is 48.5 Å². The molecule has 27 heavy (non-hydrogen) atoms. The fraction of sp³-hybridized carbons (Fsp3) is 0.409. The van der Waals surface area contributed by atoms with Gasteiger partial charge in [0.2, 0.25) is 5.91 Å². The molecule has 0 unspecified atom stereocenters. The predicted octanol–water partition coefficient (Wildman–Crippen LogP) is 2.47. The Morgan fingerprint density at radius 1 is 1.07 bits per heavy atom. The number of amides is 1. The van der Waals surface area contributed by atoms with Crippen molar-refractivity contribution in [1.29, 1.82) is 0 Å². The first-order chi connectivity index (χ1) is 13.1. The Hall–Kier alpha value is -2.37. The molecule has 1 amide bonds. The number of rotatable bonds is 7. The van der Waals surface area contributed by atoms with Gasteiger partial charge in [-0.05, 0) is 42.0 Å². The van der Waals surface area contributed by atoms with Gasteiger partial charge < -0.3 is 16.2 Å². The number of likely N-dealkylation sites (tertiary alicyclic amines) is 1. The van der Waals surface area contributed by atoms with Crippen molar-refractivity contribution >= 4 is 11.6 Å². The molecule has 1 saturated heterocycles. The van der Waals surface area contributed by atoms with Gasteiger partial charge in [-0.1, -0.05) is 42.5 Å². The maximum atomic E-state index is 12.1. The summed E-state index contributed by atoms with van der Waals surface area (Å²) < 4.78 is 0. The summed E-state index contributed by atoms with van der Waals surface area (Å²) in [7, 11) is 0. The molecule has 0 saturated carbocycles. The molecule has 5 nitrogen and oxygen atoms in total. The van der Waals surface area contributed by atoms with Gasteiger partial charge >= 0.3 is 0 Å². The minimum Gasteiger partial charge on any atom is -0.399 e. The Morgan fingerprint density at radius 2 is 1.74 bits per heavy atom. The standard InChI is InChI=1S/C22H29N3O2/c23-21-4-2-1-3-19(21)9-10-22(27)24-15-17-5-7-18(8-6-17)16-25-13-11-20(26)12-14-25/h1-8,20,26H,9-16,23H2,(H,24,27). The van der Waals surface area contributed by atoms with Crippen LogP contribution in [0.3, 0.4) is 0 Å². The number of piperidine rings is 1. The topological polar surface area (TPSA) is 78.6 Å². The molecule has 5 heteroatoms. The molecule has 0 spiro atoms. The monoisotopic (exact) mass is 367 g/mol. The van der Waals surface area contributed by atoms with Gasteiger partial charge in [-0.3, -0.25) is 9.69 Å². The highest BCUT2D eigenvalue weighted by molar-refractivity contribution is 5.76. The number of nitrogens with one attached hydrogen (secondary N) is 1. The van der Waals surface area contributed by atoms with Crippen molar-refractivity contribution in [2.24, 2.45) is 0 Å². The average molecular weight is 367 g/mol. The van der Waals surface area contributed by atoms with Gasteiger partial charge in [-0.2, -0.15) is 0 Å². The van der Waals surface area contributed by atoms with Crippen LogP contribution in [0.5, 0.6) is 0 Å². The molecule has 1 heterocycles. The summed E-state index contributed by atoms with van der Waals surface area (Å²) in [5.41, 5.74) is 10.0. The minimum atomic E-state index is -0.134. The van der Waals surface area contributed by atoms with Crippen LogP contribution in [0.25, 0.3) is 0 Å². The summed E-state index contributed by atoms with van der Waals surface area (Å²) in [6, 6.07) is 16.1. The normalized spacial score (nSPS) is 15.6. The smallest absolute Gasteiger partial charge is 0.220 e. The number of anilines is 1. The van der Waals surface area contributed by atoms with E-state index in [1.807, 2.05) is 24.3 Å². The fourth-order valence-corrected chi connectivity index (χ4v) is 3.40. The van der Waals surface area contributed by atoms with E-state index in [1.165, 1.54) is 5.56 Å². The van der Waals surface area contributed by atoms with E-state index >= 15 is 0 Å². The lowest BCUT2D eigenvalue weighted by atomic mass is 10.1. The molecule has 0 bridgehead atoms. The van der Waals surface area contributed by atoms with Crippen molar-refractivity contribution in [3.05, 3.63) is 65.2 Å². The number of benzene rings is 2. The number of aryl methyl sites for hydroxylation is 1. The highest BCUT2D eigenvalue weighted by Crippen LogP contribution is 2.15. The largest absolute Gasteiger partial charge is 0.399 e. The van der Waals surface area contributed by atoms with Crippen LogP contribution in [0.2, 0.25) is 0 Å². The second-order valence-electron chi connectivity index (χ2n) is 7.30. The van der Waals surface area contributed by atoms with Gasteiger partial charge in [0.05, 0.1) is 6.10 Å². The maximum absolute atomic E-state index is 12.1. The van der Waals surface area contributed by atoms with E-state index < -0.39 is 0 Å². The van der Waals surface area contributed by atoms with Gasteiger partial charge in [0, 0.05) is 38.3 Å². The Kier molecular flexibility index (Phi) is 6.85. The van der Waals surface area contributed by atoms with Gasteiger partial charge in [-0.25, -0.2) is 0 Å². The first-order valence-corrected chi connectivity index (χ1v) is 9.68. The number of para-hydroxylation sites is 1. The molecule has 0 radical (unpaired) electrons. The lowest BCUT2D eigenvalue weighted by Crippen LogP contribution is -2.35. The second kappa shape index (κ2) is 9.53. The number of hydrogen-bond donors (Lipinski definition) is 3. The third-order valence-electron chi connectivity index (χ3n) is 5.15. The molecule has 0 aliphatic carbocycles. The Labute approximate surface area is 161 Å². The lowest BCUT2D eigenvalue weighted by Gasteiger charge is -2.29. The maximum Gasteiger partial charge on any atom is 0.220 e. The van der Waals surface area contributed by atoms with Crippen LogP contribution in [0.1, 0.15) is 36.0 Å². The van der Waals surface area contributed by atoms with Crippen LogP contribution in [-0.4, -0.2) is 35.1 Å². The highest BCUT2D eigenvalue weighted by Gasteiger charge is 2.16. The van der Waals surface area contributed by atoms with E-state index in [2.05, 4.69) is 34.5 Å². The summed E-state index contributed by atoms with van der Waals surface area (Å²) in [4.78, 5) is 14.5. The third-order valence-corrected chi connectivity index (χ3v) is 5.15. The first kappa shape index (κ1) is 19.4. The van der Waals surface area contributed by atoms with Crippen molar-refractivity contribution in [1.82, 2.24) is 10.2 Å². The molecule has 0 atom stereocenters. The Balaban J connectivity index is 1.40. The molecule has 0 aromatic heterocycles. The van der Waals surface area contributed by atoms with Crippen molar-refractivity contribution in [3.63, 3.8) is 0 Å². The molecule has 144 valence electrons. The van der Waals surface area contributed by atoms with Crippen molar-refractivity contribution in [3.8, 4) is 0 Å². The third kappa shape index (κ3) is 6.08. The predicted molar refractivity (Wildman–Crippen MR) is 108 cm³/mol. The van der Waals surface area contributed by atoms with Crippen LogP contribution in [0, 0.1) is 0 Å². The van der Waals surface area contributed by atoms with Crippen LogP contribution in [-0.2, 0) is 24.3 Å². The van der Waals surface area contributed by atoms with Crippen molar-refractivity contribution < 1.29 is 9.90 Å². The van der Waals surface area contributed by atoms with Gasteiger partial charge in [0.1, 0.15) is 0 Å². The minimum absolute atomic E-state index is 0.0363. The van der Waals surface area contributed by atoms with Gasteiger partial charge in [0.15, 0.2) is 0 Å². The molecule has 2 aromatic carbocycles. The molecule has 1 aliphatic heterocycles. The van der Waals surface area contributed by atoms with E-state index in [1.54, 1.807) is 0 Å². The van der Waals surface area contributed by atoms with Crippen LogP contribution < -0.4 is 11.1 Å². The Bertz CT molecular complexity index is 737. The van der Waals surface area contributed by atoms with E-state index in [4.69, 9.17) is 5.73 Å². The molecular weight excluding hydrogens is 338 g/mol. The SMILES string of the molecule is Nc1ccccc1CCC(=O)NCc1ccc(CN2CCC(O)CC2)cc1. The zero-order chi connectivity index (χ0) is 19.1. The molecule has 1 fully saturated rings. The summed E-state index contributed by atoms with van der Waals surface area (Å²) in [6.07, 6.45) is 2.68. The summed E-state index contributed by atoms with van der Waals surface area (Å²) >= 11 is 0. The highest BCUT2D eigenvalue weighted by atomic mass is 16.3. The van der Waals surface area contributed by atoms with Crippen LogP contribution >= 0.6 is 0 Å². The number of hydrogen-bond acceptors (Lipinski definition) is 4. The van der Waals surface area contributed by atoms with Crippen LogP contribution in [0.4, 0.5) is 5.69 Å². The lowest BCUT2D eigenvalue weighted by molar-refractivity contribution is -0.121. The number of carbonyl (C=O) groups is 1. The average Bonchev–Trinajstić information content (AvgIpc) is 2.68. The van der Waals surface area contributed by atoms with E-state index in [9.17, 15) is 9.90 Å². The van der Waals surface area contributed by atoms with Crippen molar-refractivity contribution in [2.45, 2.75) is 44.9 Å². The zero-order valence-electron chi connectivity index (χ0n) is 15.7. The van der Waals surface area contributed by atoms with Gasteiger partial charge in [-0.15, -0.1) is 0 Å². The molecule has 4 N–H and O–H groups in total. The Morgan fingerprint density at radius 3 is 2.44 bits per heavy atom. The van der Waals surface area contributed by atoms with E-state index in [0.29, 0.717) is 19.4 Å². The fourth-order valence-electron chi connectivity index (χ4n) is 3.40. The van der Waals surface area contributed by atoms with Gasteiger partial charge in [0.25, 0.3) is 0 Å². The molecule has 3 rings (SSSR count). The zero-order valence-corrected chi connectivity index (χ0v) is 15.7. The summed E-state index contributed by atoms with van der Waals surface area (Å²) in [6.45, 7) is 3.35. The summed E-state index contributed by atoms with van der Waals surface area (Å²) in [5.74, 6) is 0.0363. The quantitative estimate of drug-likeness (QED) is 0.657. The number of nitrogens with zero attached hydrogens (tertiary/aromatic N) is 1. The molecule has 1 aliphatic rings. The number of nitrogen functional groups attached to an aromatic ring is 1. The first-order valence-electron chi connectivity index (χ1n) is 9.68. The van der Waals surface area contributed by atoms with E-state index in [0.717, 1.165) is 49.3 Å². The van der Waals surface area contributed by atoms with E-state index in [-0.39, 0.29) is 12.0 Å². The van der Waals surface area contributed by atoms with Crippen molar-refractivity contribution in [2.75, 3.05) is 18.8 Å².